The van der Waals surface area contributed by atoms with Crippen molar-refractivity contribution in [3.8, 4) is 0 Å². The third-order valence-corrected chi connectivity index (χ3v) is 3.71. The molecule has 0 aromatic heterocycles. The molecule has 0 atom stereocenters. The van der Waals surface area contributed by atoms with Crippen LogP contribution in [0.4, 0.5) is 0 Å². The van der Waals surface area contributed by atoms with Crippen LogP contribution in [0.1, 0.15) is 38.5 Å². The van der Waals surface area contributed by atoms with Crippen LogP contribution in [-0.4, -0.2) is 30.1 Å². The quantitative estimate of drug-likeness (QED) is 0.440. The van der Waals surface area contributed by atoms with Crippen molar-refractivity contribution in [3.63, 3.8) is 0 Å². The van der Waals surface area contributed by atoms with Gasteiger partial charge in [0.2, 0.25) is 5.91 Å². The van der Waals surface area contributed by atoms with Crippen LogP contribution in [-0.2, 0) is 9.53 Å². The number of amides is 1. The smallest absolute Gasteiger partial charge is 0.223 e. The molecule has 0 radical (unpaired) electrons. The van der Waals surface area contributed by atoms with Crippen molar-refractivity contribution in [2.24, 2.45) is 5.92 Å². The summed E-state index contributed by atoms with van der Waals surface area (Å²) < 4.78 is 6.48. The molecule has 1 heterocycles. The Balaban J connectivity index is 1.97. The van der Waals surface area contributed by atoms with E-state index in [0.717, 1.165) is 39.0 Å². The van der Waals surface area contributed by atoms with E-state index in [1.54, 1.807) is 0 Å². The summed E-state index contributed by atoms with van der Waals surface area (Å²) in [6.07, 6.45) is 6.72. The lowest BCUT2D eigenvalue weighted by molar-refractivity contribution is -0.127. The minimum absolute atomic E-state index is 0.197. The van der Waals surface area contributed by atoms with E-state index in [0.29, 0.717) is 0 Å². The predicted molar refractivity (Wildman–Crippen MR) is 73.9 cm³/mol. The summed E-state index contributed by atoms with van der Waals surface area (Å²) in [4.78, 5) is 11.7. The Morgan fingerprint density at radius 3 is 2.56 bits per heavy atom. The molecular formula is C12H22INO2. The lowest BCUT2D eigenvalue weighted by Crippen LogP contribution is -2.34. The van der Waals surface area contributed by atoms with Gasteiger partial charge in [0.1, 0.15) is 0 Å². The van der Waals surface area contributed by atoms with Crippen LogP contribution >= 0.6 is 22.6 Å². The first-order valence-electron chi connectivity index (χ1n) is 6.26. The average molecular weight is 339 g/mol. The summed E-state index contributed by atoms with van der Waals surface area (Å²) >= 11 is 2.41. The van der Waals surface area contributed by atoms with Gasteiger partial charge in [-0.2, -0.15) is 0 Å². The van der Waals surface area contributed by atoms with Crippen molar-refractivity contribution >= 4 is 28.5 Å². The molecule has 1 N–H and O–H groups in total. The summed E-state index contributed by atoms with van der Waals surface area (Å²) in [5.74, 6) is 0.431. The standard InChI is InChI=1S/C12H22INO2/c13-7-3-1-2-4-8-14-12(15)11-5-9-16-10-6-11/h11H,1-10H2,(H,14,15). The lowest BCUT2D eigenvalue weighted by atomic mass is 9.99. The van der Waals surface area contributed by atoms with Crippen molar-refractivity contribution in [1.82, 2.24) is 5.32 Å². The molecule has 0 saturated carbocycles. The van der Waals surface area contributed by atoms with Crippen molar-refractivity contribution in [2.75, 3.05) is 24.2 Å². The number of carbonyl (C=O) groups excluding carboxylic acids is 1. The Bertz CT molecular complexity index is 193. The number of carbonyl (C=O) groups is 1. The van der Waals surface area contributed by atoms with Gasteiger partial charge in [0, 0.05) is 25.7 Å². The van der Waals surface area contributed by atoms with Crippen molar-refractivity contribution in [2.45, 2.75) is 38.5 Å². The van der Waals surface area contributed by atoms with Crippen LogP contribution < -0.4 is 5.32 Å². The maximum Gasteiger partial charge on any atom is 0.223 e. The molecule has 1 amide bonds. The first-order valence-corrected chi connectivity index (χ1v) is 7.78. The van der Waals surface area contributed by atoms with E-state index in [1.807, 2.05) is 0 Å². The normalized spacial score (nSPS) is 17.3. The van der Waals surface area contributed by atoms with Crippen molar-refractivity contribution in [3.05, 3.63) is 0 Å². The molecule has 0 aliphatic carbocycles. The third kappa shape index (κ3) is 6.03. The van der Waals surface area contributed by atoms with Gasteiger partial charge in [0.15, 0.2) is 0 Å². The zero-order chi connectivity index (χ0) is 11.6. The molecule has 1 rings (SSSR count). The van der Waals surface area contributed by atoms with Crippen molar-refractivity contribution < 1.29 is 9.53 Å². The monoisotopic (exact) mass is 339 g/mol. The summed E-state index contributed by atoms with van der Waals surface area (Å²) in [5.41, 5.74) is 0. The predicted octanol–water partition coefficient (Wildman–Crippen LogP) is 2.52. The maximum absolute atomic E-state index is 11.7. The number of nitrogens with one attached hydrogen (secondary N) is 1. The van der Waals surface area contributed by atoms with Gasteiger partial charge >= 0.3 is 0 Å². The molecule has 1 aliphatic rings. The summed E-state index contributed by atoms with van der Waals surface area (Å²) in [6, 6.07) is 0. The number of alkyl halides is 1. The molecule has 4 heteroatoms. The molecule has 0 unspecified atom stereocenters. The molecular weight excluding hydrogens is 317 g/mol. The Hall–Kier alpha value is 0.160. The highest BCUT2D eigenvalue weighted by Gasteiger charge is 2.20. The molecule has 94 valence electrons. The number of unbranched alkanes of at least 4 members (excludes halogenated alkanes) is 3. The average Bonchev–Trinajstić information content (AvgIpc) is 2.34. The number of hydrogen-bond donors (Lipinski definition) is 1. The topological polar surface area (TPSA) is 38.3 Å². The summed E-state index contributed by atoms with van der Waals surface area (Å²) in [6.45, 7) is 2.33. The zero-order valence-electron chi connectivity index (χ0n) is 9.84. The van der Waals surface area contributed by atoms with E-state index < -0.39 is 0 Å². The largest absolute Gasteiger partial charge is 0.381 e. The van der Waals surface area contributed by atoms with E-state index in [4.69, 9.17) is 4.74 Å². The second-order valence-electron chi connectivity index (χ2n) is 4.28. The Morgan fingerprint density at radius 1 is 1.19 bits per heavy atom. The minimum Gasteiger partial charge on any atom is -0.381 e. The number of ether oxygens (including phenoxy) is 1. The lowest BCUT2D eigenvalue weighted by Gasteiger charge is -2.21. The fourth-order valence-corrected chi connectivity index (χ4v) is 2.43. The highest BCUT2D eigenvalue weighted by molar-refractivity contribution is 14.1. The molecule has 0 aromatic rings. The van der Waals surface area contributed by atoms with Gasteiger partial charge in [-0.05, 0) is 30.1 Å². The second kappa shape index (κ2) is 9.22. The Kier molecular flexibility index (Phi) is 8.19. The minimum atomic E-state index is 0.197. The van der Waals surface area contributed by atoms with Gasteiger partial charge in [0.05, 0.1) is 0 Å². The molecule has 1 fully saturated rings. The highest BCUT2D eigenvalue weighted by Crippen LogP contribution is 2.14. The summed E-state index contributed by atoms with van der Waals surface area (Å²) in [5, 5.41) is 3.03. The summed E-state index contributed by atoms with van der Waals surface area (Å²) in [7, 11) is 0. The fraction of sp³-hybridized carbons (Fsp3) is 0.917. The first-order chi connectivity index (χ1) is 7.84. The second-order valence-corrected chi connectivity index (χ2v) is 5.36. The van der Waals surface area contributed by atoms with Gasteiger partial charge < -0.3 is 10.1 Å². The highest BCUT2D eigenvalue weighted by atomic mass is 127. The molecule has 3 nitrogen and oxygen atoms in total. The van der Waals surface area contributed by atoms with Crippen molar-refractivity contribution in [1.29, 1.82) is 0 Å². The van der Waals surface area contributed by atoms with E-state index >= 15 is 0 Å². The van der Waals surface area contributed by atoms with Crippen LogP contribution in [0.5, 0.6) is 0 Å². The Labute approximate surface area is 112 Å². The van der Waals surface area contributed by atoms with Crippen LogP contribution in [0.3, 0.4) is 0 Å². The van der Waals surface area contributed by atoms with E-state index in [9.17, 15) is 4.79 Å². The Morgan fingerprint density at radius 2 is 1.88 bits per heavy atom. The van der Waals surface area contributed by atoms with Gasteiger partial charge in [-0.15, -0.1) is 0 Å². The van der Waals surface area contributed by atoms with Gasteiger partial charge in [-0.1, -0.05) is 35.4 Å². The van der Waals surface area contributed by atoms with Gasteiger partial charge in [-0.3, -0.25) is 4.79 Å². The van der Waals surface area contributed by atoms with Crippen LogP contribution in [0.2, 0.25) is 0 Å². The molecule has 0 aromatic carbocycles. The zero-order valence-corrected chi connectivity index (χ0v) is 12.0. The molecule has 16 heavy (non-hydrogen) atoms. The molecule has 1 saturated heterocycles. The SMILES string of the molecule is O=C(NCCCCCCI)C1CCOCC1. The fourth-order valence-electron chi connectivity index (χ4n) is 1.89. The van der Waals surface area contributed by atoms with Crippen LogP contribution in [0, 0.1) is 5.92 Å². The van der Waals surface area contributed by atoms with E-state index in [2.05, 4.69) is 27.9 Å². The van der Waals surface area contributed by atoms with Crippen LogP contribution in [0.15, 0.2) is 0 Å². The molecule has 1 aliphatic heterocycles. The number of hydrogen-bond acceptors (Lipinski definition) is 2. The number of rotatable bonds is 7. The van der Waals surface area contributed by atoms with Gasteiger partial charge in [-0.25, -0.2) is 0 Å². The van der Waals surface area contributed by atoms with Gasteiger partial charge in [0.25, 0.3) is 0 Å². The first kappa shape index (κ1) is 14.2. The van der Waals surface area contributed by atoms with E-state index in [-0.39, 0.29) is 11.8 Å². The number of halogens is 1. The van der Waals surface area contributed by atoms with E-state index in [1.165, 1.54) is 23.7 Å². The molecule has 0 spiro atoms. The molecule has 0 bridgehead atoms. The maximum atomic E-state index is 11.7. The van der Waals surface area contributed by atoms with Crippen LogP contribution in [0.25, 0.3) is 0 Å². The third-order valence-electron chi connectivity index (χ3n) is 2.95.